The summed E-state index contributed by atoms with van der Waals surface area (Å²) in [5.41, 5.74) is 2.39. The first kappa shape index (κ1) is 17.8. The molecule has 2 aromatic rings. The van der Waals surface area contributed by atoms with Crippen LogP contribution >= 0.6 is 0 Å². The third-order valence-electron chi connectivity index (χ3n) is 3.61. The van der Waals surface area contributed by atoms with Gasteiger partial charge in [0.1, 0.15) is 5.75 Å². The van der Waals surface area contributed by atoms with Crippen molar-refractivity contribution in [3.8, 4) is 17.1 Å². The highest BCUT2D eigenvalue weighted by atomic mass is 16.5. The van der Waals surface area contributed by atoms with E-state index < -0.39 is 6.09 Å². The second kappa shape index (κ2) is 7.38. The van der Waals surface area contributed by atoms with Crippen molar-refractivity contribution in [2.75, 3.05) is 6.61 Å². The zero-order chi connectivity index (χ0) is 17.7. The maximum absolute atomic E-state index is 11.8. The minimum Gasteiger partial charge on any atom is -0.508 e. The van der Waals surface area contributed by atoms with Gasteiger partial charge < -0.3 is 19.7 Å². The molecule has 0 saturated heterocycles. The van der Waals surface area contributed by atoms with Gasteiger partial charge in [0.05, 0.1) is 18.8 Å². The molecule has 0 fully saturated rings. The lowest BCUT2D eigenvalue weighted by Gasteiger charge is -2.17. The van der Waals surface area contributed by atoms with E-state index in [1.54, 1.807) is 24.3 Å². The van der Waals surface area contributed by atoms with Gasteiger partial charge in [0.2, 0.25) is 0 Å². The third kappa shape index (κ3) is 5.01. The molecular formula is C18H24N2O4. The quantitative estimate of drug-likeness (QED) is 0.864. The lowest BCUT2D eigenvalue weighted by Crippen LogP contribution is -2.25. The van der Waals surface area contributed by atoms with Crippen molar-refractivity contribution in [3.63, 3.8) is 0 Å². The number of amides is 1. The molecule has 24 heavy (non-hydrogen) atoms. The van der Waals surface area contributed by atoms with Crippen molar-refractivity contribution in [1.82, 2.24) is 10.5 Å². The fourth-order valence-electron chi connectivity index (χ4n) is 2.10. The average Bonchev–Trinajstić information content (AvgIpc) is 2.86. The van der Waals surface area contributed by atoms with Gasteiger partial charge in [-0.1, -0.05) is 25.9 Å². The fourth-order valence-corrected chi connectivity index (χ4v) is 2.10. The van der Waals surface area contributed by atoms with Gasteiger partial charge in [-0.15, -0.1) is 0 Å². The molecule has 0 radical (unpaired) electrons. The molecule has 0 aliphatic heterocycles. The van der Waals surface area contributed by atoms with Crippen LogP contribution in [0.25, 0.3) is 11.3 Å². The standard InChI is InChI=1S/C18H24N2O4/c1-12-15(11-19-17(22)23-10-9-18(2,3)4)16(24-20-12)13-5-7-14(21)8-6-13/h5-8,21H,9-11H2,1-4H3,(H,19,22). The number of carbonyl (C=O) groups is 1. The van der Waals surface area contributed by atoms with E-state index in [0.29, 0.717) is 18.1 Å². The number of alkyl carbamates (subject to hydrolysis) is 1. The normalized spacial score (nSPS) is 11.3. The molecule has 0 aliphatic carbocycles. The van der Waals surface area contributed by atoms with Gasteiger partial charge in [0, 0.05) is 11.1 Å². The second-order valence-electron chi connectivity index (χ2n) is 6.92. The van der Waals surface area contributed by atoms with E-state index in [9.17, 15) is 9.90 Å². The van der Waals surface area contributed by atoms with Crippen LogP contribution in [-0.2, 0) is 11.3 Å². The van der Waals surface area contributed by atoms with E-state index in [-0.39, 0.29) is 17.7 Å². The molecule has 1 aromatic carbocycles. The lowest BCUT2D eigenvalue weighted by molar-refractivity contribution is 0.131. The Morgan fingerprint density at radius 1 is 1.29 bits per heavy atom. The van der Waals surface area contributed by atoms with Crippen LogP contribution in [0.2, 0.25) is 0 Å². The summed E-state index contributed by atoms with van der Waals surface area (Å²) in [4.78, 5) is 11.8. The van der Waals surface area contributed by atoms with Gasteiger partial charge >= 0.3 is 6.09 Å². The number of ether oxygens (including phenoxy) is 1. The predicted molar refractivity (Wildman–Crippen MR) is 90.6 cm³/mol. The summed E-state index contributed by atoms with van der Waals surface area (Å²) in [6.45, 7) is 8.74. The summed E-state index contributed by atoms with van der Waals surface area (Å²) < 4.78 is 10.5. The predicted octanol–water partition coefficient (Wildman–Crippen LogP) is 4.02. The highest BCUT2D eigenvalue weighted by Gasteiger charge is 2.17. The number of rotatable bonds is 5. The van der Waals surface area contributed by atoms with E-state index in [1.165, 1.54) is 0 Å². The highest BCUT2D eigenvalue weighted by Crippen LogP contribution is 2.27. The molecule has 0 saturated carbocycles. The van der Waals surface area contributed by atoms with E-state index in [2.05, 4.69) is 31.2 Å². The Hall–Kier alpha value is -2.50. The first-order valence-electron chi connectivity index (χ1n) is 7.91. The summed E-state index contributed by atoms with van der Waals surface area (Å²) in [6, 6.07) is 6.62. The van der Waals surface area contributed by atoms with Gasteiger partial charge in [0.25, 0.3) is 0 Å². The molecular weight excluding hydrogens is 308 g/mol. The lowest BCUT2D eigenvalue weighted by atomic mass is 9.93. The minimum absolute atomic E-state index is 0.122. The molecule has 6 nitrogen and oxygen atoms in total. The summed E-state index contributed by atoms with van der Waals surface area (Å²) in [7, 11) is 0. The van der Waals surface area contributed by atoms with Gasteiger partial charge in [-0.3, -0.25) is 0 Å². The average molecular weight is 332 g/mol. The number of carbonyl (C=O) groups excluding carboxylic acids is 1. The Labute approximate surface area is 141 Å². The number of hydrogen-bond acceptors (Lipinski definition) is 5. The summed E-state index contributed by atoms with van der Waals surface area (Å²) in [5, 5.41) is 16.1. The van der Waals surface area contributed by atoms with Gasteiger partial charge in [-0.25, -0.2) is 4.79 Å². The number of nitrogens with one attached hydrogen (secondary N) is 1. The number of benzene rings is 1. The molecule has 1 heterocycles. The summed E-state index contributed by atoms with van der Waals surface area (Å²) >= 11 is 0. The SMILES string of the molecule is Cc1noc(-c2ccc(O)cc2)c1CNC(=O)OCCC(C)(C)C. The highest BCUT2D eigenvalue weighted by molar-refractivity contribution is 5.68. The number of nitrogens with zero attached hydrogens (tertiary/aromatic N) is 1. The van der Waals surface area contributed by atoms with Crippen LogP contribution in [0.3, 0.4) is 0 Å². The monoisotopic (exact) mass is 332 g/mol. The van der Waals surface area contributed by atoms with Gasteiger partial charge in [-0.2, -0.15) is 0 Å². The molecule has 0 unspecified atom stereocenters. The Bertz CT molecular complexity index is 684. The Kier molecular flexibility index (Phi) is 5.49. The number of aromatic nitrogens is 1. The van der Waals surface area contributed by atoms with Crippen LogP contribution in [0.4, 0.5) is 4.79 Å². The van der Waals surface area contributed by atoms with Crippen LogP contribution in [0.1, 0.15) is 38.4 Å². The Morgan fingerprint density at radius 2 is 1.96 bits per heavy atom. The number of phenols is 1. The molecule has 2 rings (SSSR count). The van der Waals surface area contributed by atoms with E-state index in [4.69, 9.17) is 9.26 Å². The van der Waals surface area contributed by atoms with Crippen molar-refractivity contribution < 1.29 is 19.2 Å². The zero-order valence-electron chi connectivity index (χ0n) is 14.5. The van der Waals surface area contributed by atoms with Gasteiger partial charge in [0.15, 0.2) is 5.76 Å². The van der Waals surface area contributed by atoms with Crippen LogP contribution in [0.15, 0.2) is 28.8 Å². The molecule has 1 aromatic heterocycles. The minimum atomic E-state index is -0.462. The number of phenolic OH excluding ortho intramolecular Hbond substituents is 1. The molecule has 130 valence electrons. The maximum Gasteiger partial charge on any atom is 0.407 e. The molecule has 0 aliphatic rings. The second-order valence-corrected chi connectivity index (χ2v) is 6.92. The van der Waals surface area contributed by atoms with Crippen molar-refractivity contribution in [3.05, 3.63) is 35.5 Å². The van der Waals surface area contributed by atoms with E-state index in [1.807, 2.05) is 6.92 Å². The fraction of sp³-hybridized carbons (Fsp3) is 0.444. The number of aromatic hydroxyl groups is 1. The largest absolute Gasteiger partial charge is 0.508 e. The van der Waals surface area contributed by atoms with E-state index >= 15 is 0 Å². The molecule has 2 N–H and O–H groups in total. The summed E-state index contributed by atoms with van der Waals surface area (Å²) in [6.07, 6.45) is 0.336. The molecule has 1 amide bonds. The number of hydrogen-bond donors (Lipinski definition) is 2. The van der Waals surface area contributed by atoms with Crippen molar-refractivity contribution in [2.45, 2.75) is 40.7 Å². The summed E-state index contributed by atoms with van der Waals surface area (Å²) in [5.74, 6) is 0.750. The Morgan fingerprint density at radius 3 is 2.58 bits per heavy atom. The molecule has 6 heteroatoms. The molecule has 0 spiro atoms. The third-order valence-corrected chi connectivity index (χ3v) is 3.61. The Balaban J connectivity index is 1.97. The smallest absolute Gasteiger partial charge is 0.407 e. The molecule has 0 atom stereocenters. The van der Waals surface area contributed by atoms with Crippen LogP contribution in [-0.4, -0.2) is 23.0 Å². The topological polar surface area (TPSA) is 84.6 Å². The van der Waals surface area contributed by atoms with E-state index in [0.717, 1.165) is 17.5 Å². The van der Waals surface area contributed by atoms with Crippen molar-refractivity contribution >= 4 is 6.09 Å². The first-order chi connectivity index (χ1) is 11.3. The number of aryl methyl sites for hydroxylation is 1. The van der Waals surface area contributed by atoms with Crippen LogP contribution < -0.4 is 5.32 Å². The van der Waals surface area contributed by atoms with Gasteiger partial charge in [-0.05, 0) is 43.0 Å². The maximum atomic E-state index is 11.8. The zero-order valence-corrected chi connectivity index (χ0v) is 14.5. The molecule has 0 bridgehead atoms. The first-order valence-corrected chi connectivity index (χ1v) is 7.91. The van der Waals surface area contributed by atoms with Crippen molar-refractivity contribution in [2.24, 2.45) is 5.41 Å². The van der Waals surface area contributed by atoms with Crippen molar-refractivity contribution in [1.29, 1.82) is 0 Å². The van der Waals surface area contributed by atoms with Crippen LogP contribution in [0, 0.1) is 12.3 Å². The van der Waals surface area contributed by atoms with Crippen LogP contribution in [0.5, 0.6) is 5.75 Å².